The summed E-state index contributed by atoms with van der Waals surface area (Å²) < 4.78 is 36.2. The van der Waals surface area contributed by atoms with Crippen molar-refractivity contribution in [2.45, 2.75) is 37.7 Å². The molecule has 37 heavy (non-hydrogen) atoms. The molecule has 3 aromatic heterocycles. The molecular weight excluding hydrogens is 490 g/mol. The van der Waals surface area contributed by atoms with E-state index in [1.54, 1.807) is 25.5 Å². The Balaban J connectivity index is 1.42. The maximum Gasteiger partial charge on any atom is 0.267 e. The fourth-order valence-electron chi connectivity index (χ4n) is 4.55. The van der Waals surface area contributed by atoms with E-state index < -0.39 is 10.0 Å². The monoisotopic (exact) mass is 519 g/mol. The summed E-state index contributed by atoms with van der Waals surface area (Å²) in [4.78, 5) is 15.4. The Morgan fingerprint density at radius 1 is 1.03 bits per heavy atom. The second-order valence-corrected chi connectivity index (χ2v) is 10.8. The highest BCUT2D eigenvalue weighted by atomic mass is 32.2. The quantitative estimate of drug-likeness (QED) is 0.393. The van der Waals surface area contributed by atoms with E-state index in [1.165, 1.54) is 17.1 Å². The Labute approximate surface area is 216 Å². The number of hydrogen-bond donors (Lipinski definition) is 1. The number of anilines is 2. The van der Waals surface area contributed by atoms with E-state index in [0.717, 1.165) is 48.3 Å². The van der Waals surface area contributed by atoms with Gasteiger partial charge in [0.05, 0.1) is 11.9 Å². The predicted molar refractivity (Wildman–Crippen MR) is 141 cm³/mol. The topological polar surface area (TPSA) is 115 Å². The van der Waals surface area contributed by atoms with E-state index in [2.05, 4.69) is 29.7 Å². The van der Waals surface area contributed by atoms with E-state index in [0.29, 0.717) is 11.6 Å². The number of piperidine rings is 1. The third kappa shape index (κ3) is 5.56. The third-order valence-corrected chi connectivity index (χ3v) is 7.70. The first-order valence-corrected chi connectivity index (χ1v) is 13.6. The number of benzene rings is 1. The SMILES string of the molecule is Cc1cccc(C)c1-c1cc(OC2CCN(c3ccncc3)CC2)nc(NS(=O)(=O)c2cnn(C)c2)n1. The molecule has 1 aromatic carbocycles. The Hall–Kier alpha value is -3.99. The van der Waals surface area contributed by atoms with Gasteiger partial charge in [0.25, 0.3) is 10.0 Å². The molecule has 1 N–H and O–H groups in total. The van der Waals surface area contributed by atoms with Gasteiger partial charge in [-0.25, -0.2) is 18.1 Å². The van der Waals surface area contributed by atoms with Crippen LogP contribution < -0.4 is 14.4 Å². The van der Waals surface area contributed by atoms with Gasteiger partial charge in [0, 0.05) is 68.9 Å². The highest BCUT2D eigenvalue weighted by molar-refractivity contribution is 7.92. The number of nitrogens with zero attached hydrogens (tertiary/aromatic N) is 6. The molecule has 1 aliphatic rings. The zero-order chi connectivity index (χ0) is 26.0. The Morgan fingerprint density at radius 3 is 2.38 bits per heavy atom. The third-order valence-electron chi connectivity index (χ3n) is 6.41. The molecule has 0 saturated carbocycles. The minimum atomic E-state index is -3.93. The summed E-state index contributed by atoms with van der Waals surface area (Å²) in [5.74, 6) is 0.284. The maximum absolute atomic E-state index is 13.0. The fraction of sp³-hybridized carbons (Fsp3) is 0.308. The number of hydrogen-bond acceptors (Lipinski definition) is 8. The molecule has 1 aliphatic heterocycles. The molecule has 0 atom stereocenters. The molecule has 0 bridgehead atoms. The minimum absolute atomic E-state index is 0.0297. The van der Waals surface area contributed by atoms with Gasteiger partial charge in [0.1, 0.15) is 11.0 Å². The lowest BCUT2D eigenvalue weighted by molar-refractivity contribution is 0.164. The Kier molecular flexibility index (Phi) is 6.79. The lowest BCUT2D eigenvalue weighted by atomic mass is 10.00. The normalized spacial score (nSPS) is 14.5. The molecule has 5 rings (SSSR count). The van der Waals surface area contributed by atoms with E-state index >= 15 is 0 Å². The number of aromatic nitrogens is 5. The fourth-order valence-corrected chi connectivity index (χ4v) is 5.48. The van der Waals surface area contributed by atoms with Crippen LogP contribution in [0.2, 0.25) is 0 Å². The van der Waals surface area contributed by atoms with Crippen molar-refractivity contribution in [3.63, 3.8) is 0 Å². The van der Waals surface area contributed by atoms with Crippen LogP contribution in [0.1, 0.15) is 24.0 Å². The molecular formula is C26H29N7O3S. The number of ether oxygens (including phenoxy) is 1. The maximum atomic E-state index is 13.0. The molecule has 10 nitrogen and oxygen atoms in total. The lowest BCUT2D eigenvalue weighted by Gasteiger charge is -2.33. The van der Waals surface area contributed by atoms with Gasteiger partial charge >= 0.3 is 0 Å². The molecule has 4 heterocycles. The number of nitrogens with one attached hydrogen (secondary N) is 1. The molecule has 0 spiro atoms. The molecule has 1 saturated heterocycles. The molecule has 192 valence electrons. The summed E-state index contributed by atoms with van der Waals surface area (Å²) in [6, 6.07) is 11.8. The molecule has 0 amide bonds. The zero-order valence-electron chi connectivity index (χ0n) is 21.0. The molecule has 4 aromatic rings. The summed E-state index contributed by atoms with van der Waals surface area (Å²) in [5.41, 5.74) is 4.70. The van der Waals surface area contributed by atoms with Gasteiger partial charge < -0.3 is 9.64 Å². The largest absolute Gasteiger partial charge is 0.474 e. The van der Waals surface area contributed by atoms with Crippen LogP contribution in [-0.2, 0) is 17.1 Å². The average Bonchev–Trinajstić information content (AvgIpc) is 3.32. The van der Waals surface area contributed by atoms with Gasteiger partial charge in [0.15, 0.2) is 0 Å². The predicted octanol–water partition coefficient (Wildman–Crippen LogP) is 3.74. The van der Waals surface area contributed by atoms with Gasteiger partial charge in [-0.3, -0.25) is 9.67 Å². The van der Waals surface area contributed by atoms with Gasteiger partial charge in [-0.1, -0.05) is 18.2 Å². The van der Waals surface area contributed by atoms with Crippen molar-refractivity contribution in [1.29, 1.82) is 0 Å². The van der Waals surface area contributed by atoms with Crippen molar-refractivity contribution in [2.24, 2.45) is 7.05 Å². The molecule has 0 radical (unpaired) electrons. The zero-order valence-corrected chi connectivity index (χ0v) is 21.8. The van der Waals surface area contributed by atoms with E-state index in [4.69, 9.17) is 4.74 Å². The summed E-state index contributed by atoms with van der Waals surface area (Å²) in [6.45, 7) is 5.67. The number of sulfonamides is 1. The minimum Gasteiger partial charge on any atom is -0.474 e. The van der Waals surface area contributed by atoms with Crippen molar-refractivity contribution >= 4 is 21.7 Å². The highest BCUT2D eigenvalue weighted by Gasteiger charge is 2.24. The molecule has 0 unspecified atom stereocenters. The van der Waals surface area contributed by atoms with Gasteiger partial charge in [-0.05, 0) is 37.1 Å². The Morgan fingerprint density at radius 2 is 1.73 bits per heavy atom. The number of rotatable bonds is 7. The van der Waals surface area contributed by atoms with Crippen molar-refractivity contribution in [3.05, 3.63) is 72.3 Å². The van der Waals surface area contributed by atoms with Crippen LogP contribution in [0, 0.1) is 13.8 Å². The van der Waals surface area contributed by atoms with Crippen LogP contribution >= 0.6 is 0 Å². The van der Waals surface area contributed by atoms with Crippen LogP contribution in [0.25, 0.3) is 11.3 Å². The summed E-state index contributed by atoms with van der Waals surface area (Å²) >= 11 is 0. The number of pyridine rings is 1. The second kappa shape index (κ2) is 10.2. The summed E-state index contributed by atoms with van der Waals surface area (Å²) in [5, 5.41) is 3.96. The van der Waals surface area contributed by atoms with Gasteiger partial charge in [-0.15, -0.1) is 0 Å². The van der Waals surface area contributed by atoms with E-state index in [-0.39, 0.29) is 16.9 Å². The van der Waals surface area contributed by atoms with Crippen molar-refractivity contribution in [3.8, 4) is 17.1 Å². The molecule has 11 heteroatoms. The lowest BCUT2D eigenvalue weighted by Crippen LogP contribution is -2.38. The standard InChI is InChI=1S/C26H29N7O3S/c1-18-5-4-6-19(2)25(18)23-15-24(30-26(29-23)31-37(34,35)22-16-28-32(3)17-22)36-21-9-13-33(14-10-21)20-7-11-27-12-8-20/h4-8,11-12,15-17,21H,9-10,13-14H2,1-3H3,(H,29,30,31). The van der Waals surface area contributed by atoms with Gasteiger partial charge in [0.2, 0.25) is 11.8 Å². The molecule has 1 fully saturated rings. The first-order valence-electron chi connectivity index (χ1n) is 12.1. The van der Waals surface area contributed by atoms with Crippen LogP contribution in [0.5, 0.6) is 5.88 Å². The summed E-state index contributed by atoms with van der Waals surface area (Å²) in [6.07, 6.45) is 7.85. The van der Waals surface area contributed by atoms with Crippen LogP contribution in [0.3, 0.4) is 0 Å². The van der Waals surface area contributed by atoms with E-state index in [9.17, 15) is 8.42 Å². The Bertz CT molecular complexity index is 1480. The van der Waals surface area contributed by atoms with Crippen LogP contribution in [-0.4, -0.2) is 52.3 Å². The smallest absolute Gasteiger partial charge is 0.267 e. The van der Waals surface area contributed by atoms with Crippen molar-refractivity contribution in [2.75, 3.05) is 22.7 Å². The highest BCUT2D eigenvalue weighted by Crippen LogP contribution is 2.30. The van der Waals surface area contributed by atoms with Crippen molar-refractivity contribution < 1.29 is 13.2 Å². The molecule has 0 aliphatic carbocycles. The van der Waals surface area contributed by atoms with E-state index in [1.807, 2.05) is 44.2 Å². The second-order valence-electron chi connectivity index (χ2n) is 9.15. The first-order chi connectivity index (χ1) is 17.8. The summed E-state index contributed by atoms with van der Waals surface area (Å²) in [7, 11) is -2.27. The average molecular weight is 520 g/mol. The van der Waals surface area contributed by atoms with Gasteiger partial charge in [-0.2, -0.15) is 10.1 Å². The van der Waals surface area contributed by atoms with Crippen molar-refractivity contribution in [1.82, 2.24) is 24.7 Å². The van der Waals surface area contributed by atoms with Crippen LogP contribution in [0.4, 0.5) is 11.6 Å². The van der Waals surface area contributed by atoms with Crippen LogP contribution in [0.15, 0.2) is 66.1 Å². The first kappa shape index (κ1) is 24.7. The number of aryl methyl sites for hydroxylation is 3.